The van der Waals surface area contributed by atoms with Gasteiger partial charge in [-0.05, 0) is 71.7 Å². The maximum Gasteiger partial charge on any atom is 0.165 e. The normalized spacial score (nSPS) is 11.2. The summed E-state index contributed by atoms with van der Waals surface area (Å²) in [6.45, 7) is 5.95. The highest BCUT2D eigenvalue weighted by Gasteiger charge is 2.18. The molecule has 0 aliphatic carbocycles. The summed E-state index contributed by atoms with van der Waals surface area (Å²) in [6, 6.07) is 15.8. The minimum absolute atomic E-state index is 0.587. The number of unbranched alkanes of at least 4 members (excludes halogenated alkanes) is 10. The molecule has 0 aliphatic rings. The van der Waals surface area contributed by atoms with E-state index in [0.717, 1.165) is 48.7 Å². The maximum absolute atomic E-state index is 5.92. The van der Waals surface area contributed by atoms with Gasteiger partial charge in [-0.25, -0.2) is 4.63 Å². The van der Waals surface area contributed by atoms with Gasteiger partial charge in [0.05, 0.1) is 13.2 Å². The topological polar surface area (TPSA) is 83.2 Å². The number of nitrogens with zero attached hydrogens (tertiary/aromatic N) is 4. The van der Waals surface area contributed by atoms with Gasteiger partial charge in [0.1, 0.15) is 22.9 Å². The van der Waals surface area contributed by atoms with Gasteiger partial charge in [0.2, 0.25) is 0 Å². The fourth-order valence-electron chi connectivity index (χ4n) is 4.65. The first-order chi connectivity index (χ1) is 19.3. The SMILES string of the molecule is CCCCCCCCOc1ccc(-c2nnc(-c3ccc(OCCCCCCCC)cc3)c3nonc23)cc1. The lowest BCUT2D eigenvalue weighted by Gasteiger charge is -2.08. The van der Waals surface area contributed by atoms with Gasteiger partial charge >= 0.3 is 0 Å². The van der Waals surface area contributed by atoms with Crippen LogP contribution in [0.3, 0.4) is 0 Å². The molecule has 4 aromatic rings. The quantitative estimate of drug-likeness (QED) is 0.119. The predicted octanol–water partition coefficient (Wildman–Crippen LogP) is 8.83. The molecule has 7 nitrogen and oxygen atoms in total. The van der Waals surface area contributed by atoms with Gasteiger partial charge in [-0.3, -0.25) is 0 Å². The Hall–Kier alpha value is -3.48. The van der Waals surface area contributed by atoms with Gasteiger partial charge < -0.3 is 9.47 Å². The fraction of sp³-hybridized carbons (Fsp3) is 0.500. The number of benzene rings is 2. The highest BCUT2D eigenvalue weighted by atomic mass is 16.6. The van der Waals surface area contributed by atoms with Crippen molar-refractivity contribution in [1.29, 1.82) is 0 Å². The predicted molar refractivity (Wildman–Crippen MR) is 156 cm³/mol. The third kappa shape index (κ3) is 8.50. The van der Waals surface area contributed by atoms with Crippen LogP contribution in [-0.2, 0) is 0 Å². The first-order valence-electron chi connectivity index (χ1n) is 14.8. The Morgan fingerprint density at radius 2 is 0.897 bits per heavy atom. The van der Waals surface area contributed by atoms with Crippen molar-refractivity contribution in [2.75, 3.05) is 13.2 Å². The Morgan fingerprint density at radius 3 is 1.31 bits per heavy atom. The van der Waals surface area contributed by atoms with Crippen LogP contribution in [0.2, 0.25) is 0 Å². The third-order valence-corrected chi connectivity index (χ3v) is 6.98. The second kappa shape index (κ2) is 15.8. The van der Waals surface area contributed by atoms with E-state index in [1.165, 1.54) is 64.2 Å². The van der Waals surface area contributed by atoms with Gasteiger partial charge in [-0.2, -0.15) is 0 Å². The molecule has 2 aromatic carbocycles. The van der Waals surface area contributed by atoms with Crippen LogP contribution in [0, 0.1) is 0 Å². The smallest absolute Gasteiger partial charge is 0.165 e. The summed E-state index contributed by atoms with van der Waals surface area (Å²) in [5.74, 6) is 1.70. The van der Waals surface area contributed by atoms with Gasteiger partial charge in [0.25, 0.3) is 0 Å². The van der Waals surface area contributed by atoms with Gasteiger partial charge in [-0.15, -0.1) is 10.2 Å². The highest BCUT2D eigenvalue weighted by molar-refractivity contribution is 5.96. The first kappa shape index (κ1) is 28.5. The van der Waals surface area contributed by atoms with E-state index in [-0.39, 0.29) is 0 Å². The van der Waals surface area contributed by atoms with Crippen molar-refractivity contribution in [3.8, 4) is 34.0 Å². The van der Waals surface area contributed by atoms with Gasteiger partial charge in [-0.1, -0.05) is 78.1 Å². The van der Waals surface area contributed by atoms with E-state index in [4.69, 9.17) is 14.1 Å². The van der Waals surface area contributed by atoms with Crippen molar-refractivity contribution in [3.63, 3.8) is 0 Å². The van der Waals surface area contributed by atoms with Crippen LogP contribution < -0.4 is 9.47 Å². The number of rotatable bonds is 18. The molecule has 0 unspecified atom stereocenters. The maximum atomic E-state index is 5.92. The summed E-state index contributed by atoms with van der Waals surface area (Å²) in [5, 5.41) is 17.3. The Labute approximate surface area is 232 Å². The molecule has 39 heavy (non-hydrogen) atoms. The summed E-state index contributed by atoms with van der Waals surface area (Å²) in [4.78, 5) is 0. The van der Waals surface area contributed by atoms with Crippen LogP contribution in [0.15, 0.2) is 53.2 Å². The molecule has 0 saturated carbocycles. The molecule has 0 N–H and O–H groups in total. The van der Waals surface area contributed by atoms with Crippen molar-refractivity contribution >= 4 is 11.0 Å². The zero-order valence-corrected chi connectivity index (χ0v) is 23.5. The van der Waals surface area contributed by atoms with Crippen LogP contribution in [0.4, 0.5) is 0 Å². The molecule has 0 bridgehead atoms. The number of ether oxygens (including phenoxy) is 2. The zero-order chi connectivity index (χ0) is 27.1. The molecule has 0 amide bonds. The van der Waals surface area contributed by atoms with Crippen molar-refractivity contribution in [1.82, 2.24) is 20.5 Å². The highest BCUT2D eigenvalue weighted by Crippen LogP contribution is 2.31. The second-order valence-electron chi connectivity index (χ2n) is 10.1. The Balaban J connectivity index is 1.33. The molecule has 7 heteroatoms. The second-order valence-corrected chi connectivity index (χ2v) is 10.1. The summed E-state index contributed by atoms with van der Waals surface area (Å²) in [5.41, 5.74) is 4.22. The monoisotopic (exact) mass is 530 g/mol. The molecule has 208 valence electrons. The lowest BCUT2D eigenvalue weighted by Crippen LogP contribution is -1.98. The van der Waals surface area contributed by atoms with E-state index in [2.05, 4.69) is 34.4 Å². The van der Waals surface area contributed by atoms with E-state index >= 15 is 0 Å². The van der Waals surface area contributed by atoms with Crippen LogP contribution in [0.25, 0.3) is 33.5 Å². The Morgan fingerprint density at radius 1 is 0.513 bits per heavy atom. The van der Waals surface area contributed by atoms with Crippen molar-refractivity contribution in [3.05, 3.63) is 48.5 Å². The standard InChI is InChI=1S/C32H42N4O3/c1-3-5-7-9-11-13-23-37-27-19-15-25(16-20-27)29-31-32(36-39-35-31)30(34-33-29)26-17-21-28(22-18-26)38-24-14-12-10-8-6-4-2/h15-22H,3-14,23-24H2,1-2H3. The van der Waals surface area contributed by atoms with E-state index in [0.29, 0.717) is 22.4 Å². The molecule has 0 atom stereocenters. The molecule has 0 radical (unpaired) electrons. The summed E-state index contributed by atoms with van der Waals surface area (Å²) in [7, 11) is 0. The van der Waals surface area contributed by atoms with E-state index < -0.39 is 0 Å². The lowest BCUT2D eigenvalue weighted by molar-refractivity contribution is 0.304. The van der Waals surface area contributed by atoms with Crippen molar-refractivity contribution in [2.45, 2.75) is 90.9 Å². The Kier molecular flexibility index (Phi) is 11.6. The summed E-state index contributed by atoms with van der Waals surface area (Å²) in [6.07, 6.45) is 15.0. The molecular formula is C32H42N4O3. The minimum atomic E-state index is 0.587. The van der Waals surface area contributed by atoms with E-state index in [1.54, 1.807) is 0 Å². The molecule has 0 fully saturated rings. The van der Waals surface area contributed by atoms with Crippen LogP contribution >= 0.6 is 0 Å². The molecule has 0 aliphatic heterocycles. The number of aromatic nitrogens is 4. The van der Waals surface area contributed by atoms with Gasteiger partial charge in [0, 0.05) is 11.1 Å². The van der Waals surface area contributed by atoms with E-state index in [9.17, 15) is 0 Å². The number of fused-ring (bicyclic) bond motifs is 1. The third-order valence-electron chi connectivity index (χ3n) is 6.98. The van der Waals surface area contributed by atoms with Crippen LogP contribution in [0.1, 0.15) is 90.9 Å². The number of hydrogen-bond donors (Lipinski definition) is 0. The van der Waals surface area contributed by atoms with Crippen molar-refractivity contribution in [2.24, 2.45) is 0 Å². The first-order valence-corrected chi connectivity index (χ1v) is 14.8. The van der Waals surface area contributed by atoms with Gasteiger partial charge in [0.15, 0.2) is 11.0 Å². The van der Waals surface area contributed by atoms with Crippen molar-refractivity contribution < 1.29 is 14.1 Å². The Bertz CT molecular complexity index is 1140. The largest absolute Gasteiger partial charge is 0.494 e. The summed E-state index contributed by atoms with van der Waals surface area (Å²) >= 11 is 0. The molecule has 0 saturated heterocycles. The van der Waals surface area contributed by atoms with Crippen LogP contribution in [-0.4, -0.2) is 33.7 Å². The average Bonchev–Trinajstić information content (AvgIpc) is 3.47. The molecule has 4 rings (SSSR count). The fourth-order valence-corrected chi connectivity index (χ4v) is 4.65. The average molecular weight is 531 g/mol. The minimum Gasteiger partial charge on any atom is -0.494 e. The molecule has 2 aromatic heterocycles. The molecule has 0 spiro atoms. The zero-order valence-electron chi connectivity index (χ0n) is 23.5. The molecule has 2 heterocycles. The summed E-state index contributed by atoms with van der Waals surface area (Å²) < 4.78 is 16.9. The number of hydrogen-bond acceptors (Lipinski definition) is 7. The lowest BCUT2D eigenvalue weighted by atomic mass is 10.1. The molecular weight excluding hydrogens is 488 g/mol. The van der Waals surface area contributed by atoms with E-state index in [1.807, 2.05) is 48.5 Å². The van der Waals surface area contributed by atoms with Crippen LogP contribution in [0.5, 0.6) is 11.5 Å².